The summed E-state index contributed by atoms with van der Waals surface area (Å²) in [6.07, 6.45) is 0. The van der Waals surface area contributed by atoms with Crippen molar-refractivity contribution in [3.05, 3.63) is 52.0 Å². The molecule has 1 N–H and O–H groups in total. The normalized spacial score (nSPS) is 12.6. The Morgan fingerprint density at radius 2 is 1.90 bits per heavy atom. The van der Waals surface area contributed by atoms with E-state index in [9.17, 15) is 0 Å². The molecule has 106 valence electrons. The summed E-state index contributed by atoms with van der Waals surface area (Å²) in [6, 6.07) is 13.6. The number of benzene rings is 2. The Bertz CT molecular complexity index is 710. The highest BCUT2D eigenvalue weighted by molar-refractivity contribution is 9.10. The van der Waals surface area contributed by atoms with Crippen LogP contribution in [0.4, 0.5) is 5.69 Å². The number of hydrogen-bond acceptors (Lipinski definition) is 4. The van der Waals surface area contributed by atoms with Gasteiger partial charge in [-0.05, 0) is 35.9 Å². The first-order valence-corrected chi connectivity index (χ1v) is 7.37. The molecule has 0 radical (unpaired) electrons. The molecular weight excluding hydrogens is 332 g/mol. The highest BCUT2D eigenvalue weighted by Gasteiger charge is 2.11. The summed E-state index contributed by atoms with van der Waals surface area (Å²) in [5.74, 6) is 1.56. The zero-order valence-electron chi connectivity index (χ0n) is 11.2. The summed E-state index contributed by atoms with van der Waals surface area (Å²) in [4.78, 5) is 0. The van der Waals surface area contributed by atoms with E-state index in [0.29, 0.717) is 25.3 Å². The van der Waals surface area contributed by atoms with E-state index in [1.54, 1.807) is 6.07 Å². The number of rotatable bonds is 3. The third-order valence-corrected chi connectivity index (χ3v) is 3.68. The van der Waals surface area contributed by atoms with Gasteiger partial charge in [-0.2, -0.15) is 5.26 Å². The Labute approximate surface area is 131 Å². The van der Waals surface area contributed by atoms with Gasteiger partial charge in [-0.1, -0.05) is 22.0 Å². The van der Waals surface area contributed by atoms with Gasteiger partial charge in [-0.15, -0.1) is 0 Å². The fourth-order valence-corrected chi connectivity index (χ4v) is 2.52. The van der Waals surface area contributed by atoms with E-state index < -0.39 is 0 Å². The molecule has 0 aliphatic carbocycles. The molecule has 4 nitrogen and oxygen atoms in total. The third kappa shape index (κ3) is 3.11. The molecule has 0 bridgehead atoms. The van der Waals surface area contributed by atoms with Crippen molar-refractivity contribution in [2.45, 2.75) is 6.54 Å². The zero-order chi connectivity index (χ0) is 14.7. The number of halogens is 1. The van der Waals surface area contributed by atoms with Gasteiger partial charge in [-0.3, -0.25) is 0 Å². The molecule has 1 aliphatic rings. The number of nitriles is 1. The Morgan fingerprint density at radius 3 is 2.71 bits per heavy atom. The highest BCUT2D eigenvalue weighted by Crippen LogP contribution is 2.31. The quantitative estimate of drug-likeness (QED) is 0.922. The standard InChI is InChI=1S/C16H13BrN2O2/c17-13-3-2-12(9-18)14(8-13)19-10-11-1-4-15-16(7-11)21-6-5-20-15/h1-4,7-8,19H,5-6,10H2. The average molecular weight is 345 g/mol. The lowest BCUT2D eigenvalue weighted by atomic mass is 10.1. The van der Waals surface area contributed by atoms with Gasteiger partial charge < -0.3 is 14.8 Å². The number of anilines is 1. The summed E-state index contributed by atoms with van der Waals surface area (Å²) in [5, 5.41) is 12.4. The van der Waals surface area contributed by atoms with Crippen LogP contribution < -0.4 is 14.8 Å². The van der Waals surface area contributed by atoms with Crippen molar-refractivity contribution in [3.8, 4) is 17.6 Å². The first kappa shape index (κ1) is 13.8. The second-order valence-electron chi connectivity index (χ2n) is 4.63. The van der Waals surface area contributed by atoms with Crippen LogP contribution in [0.3, 0.4) is 0 Å². The van der Waals surface area contributed by atoms with Crippen LogP contribution in [-0.2, 0) is 6.54 Å². The Kier molecular flexibility index (Phi) is 3.98. The Hall–Kier alpha value is -2.19. The summed E-state index contributed by atoms with van der Waals surface area (Å²) >= 11 is 3.42. The summed E-state index contributed by atoms with van der Waals surface area (Å²) in [6.45, 7) is 1.78. The second kappa shape index (κ2) is 6.06. The van der Waals surface area contributed by atoms with Crippen molar-refractivity contribution >= 4 is 21.6 Å². The zero-order valence-corrected chi connectivity index (χ0v) is 12.8. The van der Waals surface area contributed by atoms with E-state index in [0.717, 1.165) is 27.2 Å². The second-order valence-corrected chi connectivity index (χ2v) is 5.55. The lowest BCUT2D eigenvalue weighted by molar-refractivity contribution is 0.171. The van der Waals surface area contributed by atoms with Gasteiger partial charge in [0.05, 0.1) is 11.3 Å². The molecule has 0 unspecified atom stereocenters. The van der Waals surface area contributed by atoms with Gasteiger partial charge >= 0.3 is 0 Å². The van der Waals surface area contributed by atoms with Crippen LogP contribution in [-0.4, -0.2) is 13.2 Å². The third-order valence-electron chi connectivity index (χ3n) is 3.19. The van der Waals surface area contributed by atoms with Gasteiger partial charge in [0.25, 0.3) is 0 Å². The van der Waals surface area contributed by atoms with Gasteiger partial charge in [-0.25, -0.2) is 0 Å². The first-order valence-electron chi connectivity index (χ1n) is 6.58. The summed E-state index contributed by atoms with van der Waals surface area (Å²) in [7, 11) is 0. The van der Waals surface area contributed by atoms with E-state index in [4.69, 9.17) is 14.7 Å². The number of nitrogens with one attached hydrogen (secondary N) is 1. The van der Waals surface area contributed by atoms with E-state index in [-0.39, 0.29) is 0 Å². The van der Waals surface area contributed by atoms with E-state index >= 15 is 0 Å². The average Bonchev–Trinajstić information content (AvgIpc) is 2.53. The van der Waals surface area contributed by atoms with E-state index in [1.807, 2.05) is 30.3 Å². The molecule has 0 aromatic heterocycles. The first-order chi connectivity index (χ1) is 10.3. The predicted octanol–water partition coefficient (Wildman–Crippen LogP) is 3.70. The van der Waals surface area contributed by atoms with E-state index in [1.165, 1.54) is 0 Å². The van der Waals surface area contributed by atoms with Crippen LogP contribution in [0.15, 0.2) is 40.9 Å². The van der Waals surface area contributed by atoms with Crippen LogP contribution >= 0.6 is 15.9 Å². The smallest absolute Gasteiger partial charge is 0.161 e. The van der Waals surface area contributed by atoms with Crippen molar-refractivity contribution in [3.63, 3.8) is 0 Å². The highest BCUT2D eigenvalue weighted by atomic mass is 79.9. The molecule has 1 heterocycles. The van der Waals surface area contributed by atoms with Crippen LogP contribution in [0.1, 0.15) is 11.1 Å². The minimum atomic E-state index is 0.577. The topological polar surface area (TPSA) is 54.3 Å². The molecule has 0 fully saturated rings. The Morgan fingerprint density at radius 1 is 1.10 bits per heavy atom. The van der Waals surface area contributed by atoms with Crippen molar-refractivity contribution in [2.75, 3.05) is 18.5 Å². The SMILES string of the molecule is N#Cc1ccc(Br)cc1NCc1ccc2c(c1)OCCO2. The maximum absolute atomic E-state index is 9.12. The number of fused-ring (bicyclic) bond motifs is 1. The maximum Gasteiger partial charge on any atom is 0.161 e. The molecule has 3 rings (SSSR count). The summed E-state index contributed by atoms with van der Waals surface area (Å²) < 4.78 is 12.0. The van der Waals surface area contributed by atoms with Crippen molar-refractivity contribution in [1.29, 1.82) is 5.26 Å². The predicted molar refractivity (Wildman–Crippen MR) is 83.6 cm³/mol. The molecule has 2 aromatic carbocycles. The molecule has 1 aliphatic heterocycles. The fourth-order valence-electron chi connectivity index (χ4n) is 2.16. The van der Waals surface area contributed by atoms with Gasteiger partial charge in [0, 0.05) is 11.0 Å². The van der Waals surface area contributed by atoms with E-state index in [2.05, 4.69) is 27.3 Å². The van der Waals surface area contributed by atoms with Crippen LogP contribution in [0.25, 0.3) is 0 Å². The largest absolute Gasteiger partial charge is 0.486 e. The molecule has 0 spiro atoms. The molecule has 5 heteroatoms. The number of ether oxygens (including phenoxy) is 2. The molecule has 0 amide bonds. The van der Waals surface area contributed by atoms with Gasteiger partial charge in [0.2, 0.25) is 0 Å². The molecular formula is C16H13BrN2O2. The molecule has 0 saturated carbocycles. The number of nitrogens with zero attached hydrogens (tertiary/aromatic N) is 1. The molecule has 0 atom stereocenters. The molecule has 21 heavy (non-hydrogen) atoms. The monoisotopic (exact) mass is 344 g/mol. The maximum atomic E-state index is 9.12. The molecule has 2 aromatic rings. The minimum absolute atomic E-state index is 0.577. The lowest BCUT2D eigenvalue weighted by Crippen LogP contribution is -2.15. The lowest BCUT2D eigenvalue weighted by Gasteiger charge is -2.19. The minimum Gasteiger partial charge on any atom is -0.486 e. The summed E-state index contributed by atoms with van der Waals surface area (Å²) in [5.41, 5.74) is 2.50. The molecule has 0 saturated heterocycles. The van der Waals surface area contributed by atoms with Crippen molar-refractivity contribution in [2.24, 2.45) is 0 Å². The van der Waals surface area contributed by atoms with Gasteiger partial charge in [0.1, 0.15) is 19.3 Å². The fraction of sp³-hybridized carbons (Fsp3) is 0.188. The van der Waals surface area contributed by atoms with Crippen LogP contribution in [0, 0.1) is 11.3 Å². The van der Waals surface area contributed by atoms with Crippen LogP contribution in [0.2, 0.25) is 0 Å². The van der Waals surface area contributed by atoms with Gasteiger partial charge in [0.15, 0.2) is 11.5 Å². The van der Waals surface area contributed by atoms with Crippen LogP contribution in [0.5, 0.6) is 11.5 Å². The Balaban J connectivity index is 1.76. The van der Waals surface area contributed by atoms with Crippen molar-refractivity contribution in [1.82, 2.24) is 0 Å². The van der Waals surface area contributed by atoms with Crippen molar-refractivity contribution < 1.29 is 9.47 Å². The number of hydrogen-bond donors (Lipinski definition) is 1.